The maximum atomic E-state index is 12.9. The van der Waals surface area contributed by atoms with Gasteiger partial charge in [0.05, 0.1) is 12.1 Å². The fourth-order valence-electron chi connectivity index (χ4n) is 2.98. The van der Waals surface area contributed by atoms with Gasteiger partial charge in [-0.1, -0.05) is 19.3 Å². The number of anilines is 2. The van der Waals surface area contributed by atoms with Crippen LogP contribution in [0.2, 0.25) is 0 Å². The van der Waals surface area contributed by atoms with Gasteiger partial charge in [-0.05, 0) is 43.0 Å². The summed E-state index contributed by atoms with van der Waals surface area (Å²) in [6, 6.07) is 6.12. The van der Waals surface area contributed by atoms with Crippen molar-refractivity contribution in [3.8, 4) is 0 Å². The van der Waals surface area contributed by atoms with Crippen LogP contribution in [0.5, 0.6) is 0 Å². The molecular weight excluding hydrogens is 325 g/mol. The molecule has 1 fully saturated rings. The molecule has 3 rings (SSSR count). The minimum absolute atomic E-state index is 0.0270. The average molecular weight is 347 g/mol. The van der Waals surface area contributed by atoms with Crippen LogP contribution >= 0.6 is 11.3 Å². The molecule has 1 aliphatic rings. The summed E-state index contributed by atoms with van der Waals surface area (Å²) in [6.07, 6.45) is 6.64. The highest BCUT2D eigenvalue weighted by atomic mass is 32.1. The first-order chi connectivity index (χ1) is 11.7. The molecule has 0 unspecified atom stereocenters. The fourth-order valence-corrected chi connectivity index (χ4v) is 3.71. The molecule has 6 heteroatoms. The first-order valence-electron chi connectivity index (χ1n) is 8.43. The highest BCUT2D eigenvalue weighted by Crippen LogP contribution is 2.23. The van der Waals surface area contributed by atoms with Crippen LogP contribution in [-0.4, -0.2) is 17.4 Å². The molecule has 0 aliphatic heterocycles. The first kappa shape index (κ1) is 16.9. The van der Waals surface area contributed by atoms with Crippen molar-refractivity contribution in [2.75, 3.05) is 11.9 Å². The van der Waals surface area contributed by atoms with E-state index in [-0.39, 0.29) is 11.7 Å². The molecule has 1 aromatic heterocycles. The zero-order valence-electron chi connectivity index (χ0n) is 13.6. The van der Waals surface area contributed by atoms with Gasteiger partial charge in [0.2, 0.25) is 5.91 Å². The minimum Gasteiger partial charge on any atom is -0.355 e. The Labute approximate surface area is 145 Å². The zero-order chi connectivity index (χ0) is 16.8. The minimum atomic E-state index is -0.269. The van der Waals surface area contributed by atoms with Crippen molar-refractivity contribution in [1.82, 2.24) is 10.3 Å². The Hall–Kier alpha value is -1.95. The van der Waals surface area contributed by atoms with Crippen LogP contribution in [0, 0.1) is 11.7 Å². The van der Waals surface area contributed by atoms with E-state index in [0.717, 1.165) is 17.9 Å². The maximum absolute atomic E-state index is 12.9. The number of aromatic nitrogens is 1. The molecule has 1 saturated carbocycles. The summed E-state index contributed by atoms with van der Waals surface area (Å²) in [6.45, 7) is 0.781. The van der Waals surface area contributed by atoms with Crippen LogP contribution in [0.3, 0.4) is 0 Å². The van der Waals surface area contributed by atoms with E-state index in [1.807, 2.05) is 5.38 Å². The molecule has 0 radical (unpaired) electrons. The SMILES string of the molecule is O=C(Cc1csc(Nc2ccc(F)cc2)n1)NCC1CCCCC1. The van der Waals surface area contributed by atoms with Gasteiger partial charge >= 0.3 is 0 Å². The number of amides is 1. The summed E-state index contributed by atoms with van der Waals surface area (Å²) in [4.78, 5) is 16.5. The van der Waals surface area contributed by atoms with Crippen LogP contribution in [0.4, 0.5) is 15.2 Å². The number of carbonyl (C=O) groups excluding carboxylic acids is 1. The standard InChI is InChI=1S/C18H22FN3OS/c19-14-6-8-15(9-7-14)21-18-22-16(12-24-18)10-17(23)20-11-13-4-2-1-3-5-13/h6-9,12-13H,1-5,10-11H2,(H,20,23)(H,21,22). The topological polar surface area (TPSA) is 54.0 Å². The van der Waals surface area contributed by atoms with Crippen molar-refractivity contribution in [3.63, 3.8) is 0 Å². The molecule has 128 valence electrons. The van der Waals surface area contributed by atoms with Gasteiger partial charge in [0.1, 0.15) is 5.82 Å². The Morgan fingerprint density at radius 2 is 1.96 bits per heavy atom. The second-order valence-electron chi connectivity index (χ2n) is 6.26. The number of halogens is 1. The van der Waals surface area contributed by atoms with Gasteiger partial charge in [-0.3, -0.25) is 4.79 Å². The number of carbonyl (C=O) groups is 1. The van der Waals surface area contributed by atoms with Gasteiger partial charge in [0.25, 0.3) is 0 Å². The molecule has 1 aliphatic carbocycles. The van der Waals surface area contributed by atoms with Gasteiger partial charge in [-0.15, -0.1) is 11.3 Å². The highest BCUT2D eigenvalue weighted by Gasteiger charge is 2.15. The van der Waals surface area contributed by atoms with Gasteiger partial charge in [0, 0.05) is 17.6 Å². The third-order valence-electron chi connectivity index (χ3n) is 4.30. The molecule has 2 N–H and O–H groups in total. The van der Waals surface area contributed by atoms with E-state index < -0.39 is 0 Å². The van der Waals surface area contributed by atoms with E-state index in [0.29, 0.717) is 17.5 Å². The Morgan fingerprint density at radius 1 is 1.21 bits per heavy atom. The third kappa shape index (κ3) is 5.03. The fraction of sp³-hybridized carbons (Fsp3) is 0.444. The quantitative estimate of drug-likeness (QED) is 0.821. The van der Waals surface area contributed by atoms with Crippen molar-refractivity contribution < 1.29 is 9.18 Å². The molecule has 1 amide bonds. The summed E-state index contributed by atoms with van der Waals surface area (Å²) < 4.78 is 12.9. The van der Waals surface area contributed by atoms with Crippen LogP contribution < -0.4 is 10.6 Å². The lowest BCUT2D eigenvalue weighted by atomic mass is 9.89. The van der Waals surface area contributed by atoms with Gasteiger partial charge < -0.3 is 10.6 Å². The predicted octanol–water partition coefficient (Wildman–Crippen LogP) is 4.26. The van der Waals surface area contributed by atoms with E-state index in [1.54, 1.807) is 12.1 Å². The molecule has 0 saturated heterocycles. The van der Waals surface area contributed by atoms with Crippen molar-refractivity contribution in [2.45, 2.75) is 38.5 Å². The Kier molecular flexibility index (Phi) is 5.80. The number of hydrogen-bond acceptors (Lipinski definition) is 4. The molecule has 1 heterocycles. The van der Waals surface area contributed by atoms with E-state index in [4.69, 9.17) is 0 Å². The van der Waals surface area contributed by atoms with Crippen LogP contribution in [-0.2, 0) is 11.2 Å². The predicted molar refractivity (Wildman–Crippen MR) is 95.1 cm³/mol. The van der Waals surface area contributed by atoms with E-state index in [1.165, 1.54) is 55.6 Å². The normalized spacial score (nSPS) is 15.2. The summed E-state index contributed by atoms with van der Waals surface area (Å²) in [7, 11) is 0. The Bertz CT molecular complexity index is 665. The molecule has 1 aromatic carbocycles. The van der Waals surface area contributed by atoms with E-state index >= 15 is 0 Å². The summed E-state index contributed by atoms with van der Waals surface area (Å²) in [5, 5.41) is 8.73. The first-order valence-corrected chi connectivity index (χ1v) is 9.31. The molecule has 0 atom stereocenters. The molecule has 24 heavy (non-hydrogen) atoms. The van der Waals surface area contributed by atoms with Crippen LogP contribution in [0.25, 0.3) is 0 Å². The highest BCUT2D eigenvalue weighted by molar-refractivity contribution is 7.13. The van der Waals surface area contributed by atoms with Crippen molar-refractivity contribution in [1.29, 1.82) is 0 Å². The van der Waals surface area contributed by atoms with Crippen molar-refractivity contribution in [3.05, 3.63) is 41.2 Å². The number of hydrogen-bond donors (Lipinski definition) is 2. The number of benzene rings is 1. The summed E-state index contributed by atoms with van der Waals surface area (Å²) in [5.74, 6) is 0.392. The lowest BCUT2D eigenvalue weighted by Gasteiger charge is -2.21. The Balaban J connectivity index is 1.46. The van der Waals surface area contributed by atoms with E-state index in [9.17, 15) is 9.18 Å². The molecule has 0 bridgehead atoms. The molecule has 0 spiro atoms. The largest absolute Gasteiger partial charge is 0.355 e. The van der Waals surface area contributed by atoms with E-state index in [2.05, 4.69) is 15.6 Å². The lowest BCUT2D eigenvalue weighted by molar-refractivity contribution is -0.120. The number of nitrogens with zero attached hydrogens (tertiary/aromatic N) is 1. The maximum Gasteiger partial charge on any atom is 0.226 e. The Morgan fingerprint density at radius 3 is 2.71 bits per heavy atom. The van der Waals surface area contributed by atoms with Gasteiger partial charge in [0.15, 0.2) is 5.13 Å². The van der Waals surface area contributed by atoms with Crippen LogP contribution in [0.1, 0.15) is 37.8 Å². The smallest absolute Gasteiger partial charge is 0.226 e. The average Bonchev–Trinajstić information content (AvgIpc) is 3.03. The van der Waals surface area contributed by atoms with Crippen molar-refractivity contribution >= 4 is 28.1 Å². The second-order valence-corrected chi connectivity index (χ2v) is 7.12. The van der Waals surface area contributed by atoms with Gasteiger partial charge in [-0.25, -0.2) is 9.37 Å². The number of nitrogens with one attached hydrogen (secondary N) is 2. The lowest BCUT2D eigenvalue weighted by Crippen LogP contribution is -2.31. The monoisotopic (exact) mass is 347 g/mol. The number of rotatable bonds is 6. The molecular formula is C18H22FN3OS. The molecule has 4 nitrogen and oxygen atoms in total. The zero-order valence-corrected chi connectivity index (χ0v) is 14.4. The van der Waals surface area contributed by atoms with Crippen LogP contribution in [0.15, 0.2) is 29.6 Å². The number of thiazole rings is 1. The second kappa shape index (κ2) is 8.24. The summed E-state index contributed by atoms with van der Waals surface area (Å²) >= 11 is 1.44. The molecule has 2 aromatic rings. The van der Waals surface area contributed by atoms with Gasteiger partial charge in [-0.2, -0.15) is 0 Å². The van der Waals surface area contributed by atoms with Crippen molar-refractivity contribution in [2.24, 2.45) is 5.92 Å². The summed E-state index contributed by atoms with van der Waals surface area (Å²) in [5.41, 5.74) is 1.53. The third-order valence-corrected chi connectivity index (χ3v) is 5.11.